The number of halogens is 1. The first-order valence-electron chi connectivity index (χ1n) is 6.58. The Bertz CT molecular complexity index is 741. The molecule has 104 valence electrons. The van der Waals surface area contributed by atoms with E-state index >= 15 is 0 Å². The van der Waals surface area contributed by atoms with E-state index in [1.807, 2.05) is 43.2 Å². The van der Waals surface area contributed by atoms with Crippen LogP contribution in [0, 0.1) is 0 Å². The molecule has 2 aromatic heterocycles. The number of benzene rings is 1. The first kappa shape index (κ1) is 13.2. The van der Waals surface area contributed by atoms with E-state index in [0.717, 1.165) is 29.3 Å². The monoisotopic (exact) mass is 288 g/mol. The molecular formula is C15H17ClN4. The van der Waals surface area contributed by atoms with Crippen molar-refractivity contribution in [1.82, 2.24) is 19.7 Å². The van der Waals surface area contributed by atoms with Crippen molar-refractivity contribution in [2.45, 2.75) is 13.1 Å². The molecule has 0 bridgehead atoms. The van der Waals surface area contributed by atoms with Gasteiger partial charge in [0.2, 0.25) is 0 Å². The van der Waals surface area contributed by atoms with Crippen LogP contribution in [0.3, 0.4) is 0 Å². The molecule has 0 spiro atoms. The van der Waals surface area contributed by atoms with E-state index in [2.05, 4.69) is 27.2 Å². The van der Waals surface area contributed by atoms with Crippen LogP contribution in [-0.4, -0.2) is 21.4 Å². The van der Waals surface area contributed by atoms with Crippen LogP contribution in [0.4, 0.5) is 0 Å². The molecule has 4 nitrogen and oxygen atoms in total. The first-order chi connectivity index (χ1) is 9.67. The Morgan fingerprint density at radius 3 is 2.85 bits per heavy atom. The molecule has 3 rings (SSSR count). The Morgan fingerprint density at radius 2 is 2.15 bits per heavy atom. The van der Waals surface area contributed by atoms with Crippen LogP contribution in [0.2, 0.25) is 5.02 Å². The Labute approximate surface area is 123 Å². The second-order valence-corrected chi connectivity index (χ2v) is 5.39. The van der Waals surface area contributed by atoms with Crippen LogP contribution in [0.1, 0.15) is 11.3 Å². The molecule has 0 atom stereocenters. The summed E-state index contributed by atoms with van der Waals surface area (Å²) >= 11 is 6.14. The van der Waals surface area contributed by atoms with Crippen molar-refractivity contribution in [3.8, 4) is 0 Å². The first-order valence-corrected chi connectivity index (χ1v) is 6.95. The van der Waals surface area contributed by atoms with Gasteiger partial charge in [-0.2, -0.15) is 5.10 Å². The molecule has 0 radical (unpaired) electrons. The molecule has 0 aliphatic rings. The summed E-state index contributed by atoms with van der Waals surface area (Å²) in [6, 6.07) is 8.07. The third kappa shape index (κ3) is 2.44. The summed E-state index contributed by atoms with van der Waals surface area (Å²) in [6.45, 7) is 1.59. The van der Waals surface area contributed by atoms with Crippen molar-refractivity contribution in [3.63, 3.8) is 0 Å². The molecule has 0 amide bonds. The number of hydrogen-bond acceptors (Lipinski definition) is 2. The zero-order valence-corrected chi connectivity index (χ0v) is 12.4. The van der Waals surface area contributed by atoms with Gasteiger partial charge in [0.25, 0.3) is 0 Å². The van der Waals surface area contributed by atoms with Crippen molar-refractivity contribution in [3.05, 3.63) is 52.9 Å². The van der Waals surface area contributed by atoms with Crippen molar-refractivity contribution in [1.29, 1.82) is 0 Å². The number of fused-ring (bicyclic) bond motifs is 1. The molecule has 2 heterocycles. The molecule has 1 aromatic carbocycles. The molecule has 1 N–H and O–H groups in total. The lowest BCUT2D eigenvalue weighted by Crippen LogP contribution is -2.04. The Balaban J connectivity index is 2.06. The molecule has 0 unspecified atom stereocenters. The maximum absolute atomic E-state index is 6.14. The number of hydrogen-bond donors (Lipinski definition) is 1. The fourth-order valence-corrected chi connectivity index (χ4v) is 2.69. The Hall–Kier alpha value is -1.78. The molecule has 3 aromatic rings. The highest BCUT2D eigenvalue weighted by atomic mass is 35.5. The average Bonchev–Trinajstić information content (AvgIpc) is 2.96. The smallest absolute Gasteiger partial charge is 0.0821 e. The van der Waals surface area contributed by atoms with Crippen molar-refractivity contribution < 1.29 is 0 Å². The van der Waals surface area contributed by atoms with Gasteiger partial charge in [-0.15, -0.1) is 0 Å². The minimum Gasteiger partial charge on any atom is -0.341 e. The van der Waals surface area contributed by atoms with Gasteiger partial charge in [0.15, 0.2) is 0 Å². The topological polar surface area (TPSA) is 34.8 Å². The number of nitrogens with one attached hydrogen (secondary N) is 1. The molecule has 0 saturated heterocycles. The SMILES string of the molecule is CNCc1cn(Cc2ccn(C)n2)c2cc(Cl)ccc12. The van der Waals surface area contributed by atoms with Crippen molar-refractivity contribution >= 4 is 22.5 Å². The maximum atomic E-state index is 6.14. The summed E-state index contributed by atoms with van der Waals surface area (Å²) in [5.41, 5.74) is 3.46. The van der Waals surface area contributed by atoms with Gasteiger partial charge >= 0.3 is 0 Å². The zero-order chi connectivity index (χ0) is 14.1. The lowest BCUT2D eigenvalue weighted by molar-refractivity contribution is 0.714. The average molecular weight is 289 g/mol. The number of aryl methyl sites for hydroxylation is 1. The van der Waals surface area contributed by atoms with E-state index in [0.29, 0.717) is 0 Å². The van der Waals surface area contributed by atoms with Gasteiger partial charge in [0.05, 0.1) is 17.8 Å². The van der Waals surface area contributed by atoms with Crippen LogP contribution < -0.4 is 5.32 Å². The van der Waals surface area contributed by atoms with E-state index in [4.69, 9.17) is 11.6 Å². The second kappa shape index (κ2) is 5.31. The van der Waals surface area contributed by atoms with Crippen LogP contribution in [0.25, 0.3) is 10.9 Å². The summed E-state index contributed by atoms with van der Waals surface area (Å²) < 4.78 is 4.03. The summed E-state index contributed by atoms with van der Waals surface area (Å²) in [4.78, 5) is 0. The van der Waals surface area contributed by atoms with Gasteiger partial charge in [-0.1, -0.05) is 17.7 Å². The van der Waals surface area contributed by atoms with Crippen LogP contribution >= 0.6 is 11.6 Å². The van der Waals surface area contributed by atoms with Crippen molar-refractivity contribution in [2.75, 3.05) is 7.05 Å². The quantitative estimate of drug-likeness (QED) is 0.801. The molecule has 5 heteroatoms. The van der Waals surface area contributed by atoms with Crippen LogP contribution in [-0.2, 0) is 20.1 Å². The Kier molecular flexibility index (Phi) is 3.51. The van der Waals surface area contributed by atoms with E-state index in [1.54, 1.807) is 0 Å². The van der Waals surface area contributed by atoms with Gasteiger partial charge in [0, 0.05) is 36.4 Å². The predicted octanol–water partition coefficient (Wildman–Crippen LogP) is 2.80. The second-order valence-electron chi connectivity index (χ2n) is 4.95. The minimum absolute atomic E-state index is 0.751. The van der Waals surface area contributed by atoms with Gasteiger partial charge in [0.1, 0.15) is 0 Å². The molecule has 0 aliphatic carbocycles. The highest BCUT2D eigenvalue weighted by Gasteiger charge is 2.09. The molecule has 20 heavy (non-hydrogen) atoms. The zero-order valence-electron chi connectivity index (χ0n) is 11.6. The molecular weight excluding hydrogens is 272 g/mol. The van der Waals surface area contributed by atoms with Crippen molar-refractivity contribution in [2.24, 2.45) is 7.05 Å². The van der Waals surface area contributed by atoms with Gasteiger partial charge in [-0.25, -0.2) is 0 Å². The van der Waals surface area contributed by atoms with Gasteiger partial charge in [-0.3, -0.25) is 4.68 Å². The summed E-state index contributed by atoms with van der Waals surface area (Å²) in [5, 5.41) is 9.64. The highest BCUT2D eigenvalue weighted by Crippen LogP contribution is 2.25. The van der Waals surface area contributed by atoms with Crippen LogP contribution in [0.15, 0.2) is 36.7 Å². The van der Waals surface area contributed by atoms with Crippen LogP contribution in [0.5, 0.6) is 0 Å². The highest BCUT2D eigenvalue weighted by molar-refractivity contribution is 6.31. The van der Waals surface area contributed by atoms with Gasteiger partial charge < -0.3 is 9.88 Å². The molecule has 0 saturated carbocycles. The number of rotatable bonds is 4. The van der Waals surface area contributed by atoms with E-state index < -0.39 is 0 Å². The maximum Gasteiger partial charge on any atom is 0.0821 e. The fraction of sp³-hybridized carbons (Fsp3) is 0.267. The third-order valence-electron chi connectivity index (χ3n) is 3.40. The summed E-state index contributed by atoms with van der Waals surface area (Å²) in [5.74, 6) is 0. The number of nitrogens with zero attached hydrogens (tertiary/aromatic N) is 3. The van der Waals surface area contributed by atoms with E-state index in [-0.39, 0.29) is 0 Å². The normalized spacial score (nSPS) is 11.3. The van der Waals surface area contributed by atoms with E-state index in [9.17, 15) is 0 Å². The Morgan fingerprint density at radius 1 is 1.30 bits per heavy atom. The lowest BCUT2D eigenvalue weighted by Gasteiger charge is -2.03. The predicted molar refractivity (Wildman–Crippen MR) is 82.0 cm³/mol. The van der Waals surface area contributed by atoms with Gasteiger partial charge in [-0.05, 0) is 30.8 Å². The lowest BCUT2D eigenvalue weighted by atomic mass is 10.2. The third-order valence-corrected chi connectivity index (χ3v) is 3.63. The summed E-state index contributed by atoms with van der Waals surface area (Å²) in [7, 11) is 3.89. The minimum atomic E-state index is 0.751. The number of aromatic nitrogens is 3. The molecule has 0 fully saturated rings. The molecule has 0 aliphatic heterocycles. The standard InChI is InChI=1S/C15H17ClN4/c1-17-8-11-9-20(10-13-5-6-19(2)18-13)15-7-12(16)3-4-14(11)15/h3-7,9,17H,8,10H2,1-2H3. The summed E-state index contributed by atoms with van der Waals surface area (Å²) in [6.07, 6.45) is 4.13. The fourth-order valence-electron chi connectivity index (χ4n) is 2.53. The largest absolute Gasteiger partial charge is 0.341 e. The van der Waals surface area contributed by atoms with E-state index in [1.165, 1.54) is 10.9 Å².